The van der Waals surface area contributed by atoms with Crippen molar-refractivity contribution in [2.45, 2.75) is 36.3 Å². The van der Waals surface area contributed by atoms with Gasteiger partial charge in [-0.2, -0.15) is 0 Å². The number of ether oxygens (including phenoxy) is 2. The second-order valence-corrected chi connectivity index (χ2v) is 10.3. The first kappa shape index (κ1) is 20.1. The predicted octanol–water partition coefficient (Wildman–Crippen LogP) is 4.27. The second-order valence-electron chi connectivity index (χ2n) is 8.09. The zero-order chi connectivity index (χ0) is 19.2. The largest absolute Gasteiger partial charge is 0.462 e. The molecule has 2 bridgehead atoms. The molecule has 0 amide bonds. The number of esters is 2. The number of carbonyl (C=O) groups is 2. The third kappa shape index (κ3) is 3.56. The fourth-order valence-corrected chi connectivity index (χ4v) is 7.14. The van der Waals surface area contributed by atoms with E-state index >= 15 is 0 Å². The molecular formula is C20H26Br2O4. The minimum absolute atomic E-state index is 0.223. The van der Waals surface area contributed by atoms with Crippen molar-refractivity contribution in [3.63, 3.8) is 0 Å². The van der Waals surface area contributed by atoms with Gasteiger partial charge in [0.25, 0.3) is 0 Å². The van der Waals surface area contributed by atoms with Crippen molar-refractivity contribution in [1.82, 2.24) is 0 Å². The van der Waals surface area contributed by atoms with E-state index in [0.717, 1.165) is 12.8 Å². The molecule has 0 aromatic rings. The molecule has 8 unspecified atom stereocenters. The van der Waals surface area contributed by atoms with Gasteiger partial charge in [0.05, 0.1) is 13.2 Å². The summed E-state index contributed by atoms with van der Waals surface area (Å²) in [5, 5.41) is 0. The molecule has 0 aliphatic heterocycles. The summed E-state index contributed by atoms with van der Waals surface area (Å²) in [6, 6.07) is 0. The topological polar surface area (TPSA) is 52.6 Å². The maximum absolute atomic E-state index is 11.9. The average molecular weight is 490 g/mol. The Morgan fingerprint density at radius 3 is 1.88 bits per heavy atom. The summed E-state index contributed by atoms with van der Waals surface area (Å²) in [6.07, 6.45) is 2.27. The molecule has 144 valence electrons. The van der Waals surface area contributed by atoms with E-state index in [1.54, 1.807) is 13.8 Å². The molecule has 4 nitrogen and oxygen atoms in total. The Hall–Kier alpha value is -0.620. The Morgan fingerprint density at radius 2 is 1.38 bits per heavy atom. The van der Waals surface area contributed by atoms with Crippen LogP contribution in [0.1, 0.15) is 26.7 Å². The molecule has 3 saturated carbocycles. The molecule has 3 aliphatic carbocycles. The number of fused-ring (bicyclic) bond motifs is 5. The lowest BCUT2D eigenvalue weighted by Crippen LogP contribution is -2.40. The van der Waals surface area contributed by atoms with Gasteiger partial charge < -0.3 is 9.47 Å². The van der Waals surface area contributed by atoms with Crippen molar-refractivity contribution in [1.29, 1.82) is 0 Å². The second kappa shape index (κ2) is 7.78. The molecule has 0 spiro atoms. The molecule has 6 heteroatoms. The van der Waals surface area contributed by atoms with Gasteiger partial charge in [0.1, 0.15) is 0 Å². The van der Waals surface area contributed by atoms with Crippen LogP contribution in [0.2, 0.25) is 0 Å². The van der Waals surface area contributed by atoms with E-state index in [4.69, 9.17) is 9.47 Å². The molecule has 26 heavy (non-hydrogen) atoms. The molecular weight excluding hydrogens is 464 g/mol. The van der Waals surface area contributed by atoms with Crippen LogP contribution in [0.5, 0.6) is 0 Å². The highest BCUT2D eigenvalue weighted by atomic mass is 79.9. The molecule has 3 rings (SSSR count). The van der Waals surface area contributed by atoms with Crippen LogP contribution in [-0.2, 0) is 19.1 Å². The summed E-state index contributed by atoms with van der Waals surface area (Å²) >= 11 is 7.68. The zero-order valence-corrected chi connectivity index (χ0v) is 18.4. The first-order chi connectivity index (χ1) is 12.2. The molecule has 0 heterocycles. The lowest BCUT2D eigenvalue weighted by Gasteiger charge is -2.38. The van der Waals surface area contributed by atoms with Crippen molar-refractivity contribution in [2.75, 3.05) is 13.2 Å². The third-order valence-corrected chi connectivity index (χ3v) is 9.36. The number of carbonyl (C=O) groups excluding carboxylic acids is 2. The lowest BCUT2D eigenvalue weighted by atomic mass is 9.70. The highest BCUT2D eigenvalue weighted by Gasteiger charge is 2.63. The summed E-state index contributed by atoms with van der Waals surface area (Å²) in [5.74, 6) is 2.00. The van der Waals surface area contributed by atoms with Crippen LogP contribution < -0.4 is 0 Å². The fraction of sp³-hybridized carbons (Fsp3) is 0.700. The van der Waals surface area contributed by atoms with Crippen LogP contribution >= 0.6 is 31.9 Å². The Morgan fingerprint density at radius 1 is 0.885 bits per heavy atom. The van der Waals surface area contributed by atoms with Crippen LogP contribution in [0, 0.1) is 35.5 Å². The van der Waals surface area contributed by atoms with Crippen LogP contribution in [-0.4, -0.2) is 34.8 Å². The number of hydrogen-bond acceptors (Lipinski definition) is 4. The summed E-state index contributed by atoms with van der Waals surface area (Å²) < 4.78 is 11.0. The maximum atomic E-state index is 11.9. The molecule has 8 atom stereocenters. The van der Waals surface area contributed by atoms with Crippen LogP contribution in [0.4, 0.5) is 0 Å². The summed E-state index contributed by atoms with van der Waals surface area (Å²) in [6.45, 7) is 11.4. The Labute approximate surface area is 172 Å². The molecule has 0 aromatic heterocycles. The van der Waals surface area contributed by atoms with Gasteiger partial charge in [0.2, 0.25) is 0 Å². The summed E-state index contributed by atoms with van der Waals surface area (Å²) in [7, 11) is 0. The monoisotopic (exact) mass is 488 g/mol. The van der Waals surface area contributed by atoms with Gasteiger partial charge >= 0.3 is 11.9 Å². The van der Waals surface area contributed by atoms with Crippen molar-refractivity contribution >= 4 is 43.8 Å². The van der Waals surface area contributed by atoms with E-state index < -0.39 is 0 Å². The SMILES string of the molecule is C=C(C)C(=O)OCC1C2CC(C1COC(=O)C(=C)C)C1C(Br)C(Br)CC21. The van der Waals surface area contributed by atoms with Crippen molar-refractivity contribution in [2.24, 2.45) is 35.5 Å². The predicted molar refractivity (Wildman–Crippen MR) is 107 cm³/mol. The molecule has 0 aromatic carbocycles. The van der Waals surface area contributed by atoms with Crippen LogP contribution in [0.3, 0.4) is 0 Å². The van der Waals surface area contributed by atoms with Gasteiger partial charge in [-0.3, -0.25) is 0 Å². The molecule has 0 radical (unpaired) electrons. The number of rotatable bonds is 6. The van der Waals surface area contributed by atoms with E-state index in [2.05, 4.69) is 45.0 Å². The zero-order valence-electron chi connectivity index (χ0n) is 15.3. The highest BCUT2D eigenvalue weighted by Crippen LogP contribution is 2.65. The van der Waals surface area contributed by atoms with E-state index in [9.17, 15) is 9.59 Å². The minimum atomic E-state index is -0.345. The quantitative estimate of drug-likeness (QED) is 0.317. The first-order valence-corrected chi connectivity index (χ1v) is 11.0. The third-order valence-electron chi connectivity index (χ3n) is 6.45. The Bertz CT molecular complexity index is 631. The molecule has 3 fully saturated rings. The van der Waals surface area contributed by atoms with Gasteiger partial charge in [-0.05, 0) is 50.4 Å². The normalized spacial score (nSPS) is 40.2. The number of hydrogen-bond donors (Lipinski definition) is 0. The van der Waals surface area contributed by atoms with E-state index in [1.807, 2.05) is 0 Å². The molecule has 0 saturated heterocycles. The number of alkyl halides is 2. The van der Waals surface area contributed by atoms with Crippen LogP contribution in [0.25, 0.3) is 0 Å². The fourth-order valence-electron chi connectivity index (χ4n) is 5.36. The van der Waals surface area contributed by atoms with Gasteiger partial charge in [-0.15, -0.1) is 0 Å². The lowest BCUT2D eigenvalue weighted by molar-refractivity contribution is -0.147. The summed E-state index contributed by atoms with van der Waals surface area (Å²) in [5.41, 5.74) is 0.828. The first-order valence-electron chi connectivity index (χ1n) is 9.15. The minimum Gasteiger partial charge on any atom is -0.462 e. The Balaban J connectivity index is 1.74. The van der Waals surface area contributed by atoms with E-state index in [0.29, 0.717) is 57.7 Å². The summed E-state index contributed by atoms with van der Waals surface area (Å²) in [4.78, 5) is 24.7. The van der Waals surface area contributed by atoms with E-state index in [1.165, 1.54) is 0 Å². The highest BCUT2D eigenvalue weighted by molar-refractivity contribution is 9.12. The standard InChI is InChI=1S/C20H26Br2O4/c1-9(2)19(23)25-7-14-11-5-12(15(14)8-26-20(24)10(3)4)17-13(11)6-16(21)18(17)22/h11-18H,1,3,5-8H2,2,4H3. The van der Waals surface area contributed by atoms with Gasteiger partial charge in [-0.25, -0.2) is 9.59 Å². The molecule has 0 N–H and O–H groups in total. The van der Waals surface area contributed by atoms with Crippen molar-refractivity contribution in [3.05, 3.63) is 24.3 Å². The van der Waals surface area contributed by atoms with E-state index in [-0.39, 0.29) is 23.8 Å². The molecule has 3 aliphatic rings. The van der Waals surface area contributed by atoms with Gasteiger partial charge in [0.15, 0.2) is 0 Å². The Kier molecular flexibility index (Phi) is 6.02. The van der Waals surface area contributed by atoms with Crippen LogP contribution in [0.15, 0.2) is 24.3 Å². The average Bonchev–Trinajstić information content (AvgIpc) is 3.20. The van der Waals surface area contributed by atoms with Gasteiger partial charge in [0, 0.05) is 32.6 Å². The van der Waals surface area contributed by atoms with Crippen molar-refractivity contribution < 1.29 is 19.1 Å². The maximum Gasteiger partial charge on any atom is 0.333 e. The number of halogens is 2. The van der Waals surface area contributed by atoms with Crippen molar-refractivity contribution in [3.8, 4) is 0 Å². The van der Waals surface area contributed by atoms with Gasteiger partial charge in [-0.1, -0.05) is 45.0 Å². The smallest absolute Gasteiger partial charge is 0.333 e.